The number of rotatable bonds is 4. The fourth-order valence-corrected chi connectivity index (χ4v) is 2.17. The van der Waals surface area contributed by atoms with E-state index in [0.29, 0.717) is 0 Å². The minimum absolute atomic E-state index is 0.0400. The van der Waals surface area contributed by atoms with Gasteiger partial charge in [0, 0.05) is 18.5 Å². The zero-order valence-electron chi connectivity index (χ0n) is 11.4. The molecule has 1 aliphatic rings. The Kier molecular flexibility index (Phi) is 4.20. The predicted molar refractivity (Wildman–Crippen MR) is 74.6 cm³/mol. The number of hydrogen-bond acceptors (Lipinski definition) is 2. The third-order valence-electron chi connectivity index (χ3n) is 3.54. The van der Waals surface area contributed by atoms with Crippen molar-refractivity contribution in [3.63, 3.8) is 0 Å². The number of amides is 2. The highest BCUT2D eigenvalue weighted by atomic mass is 16.2. The number of hydrogen-bond donors (Lipinski definition) is 2. The Morgan fingerprint density at radius 1 is 1.32 bits per heavy atom. The Bertz CT molecular complexity index is 481. The molecule has 1 atom stereocenters. The van der Waals surface area contributed by atoms with Gasteiger partial charge < -0.3 is 10.6 Å². The Hall–Kier alpha value is -1.84. The highest BCUT2D eigenvalue weighted by molar-refractivity contribution is 5.88. The van der Waals surface area contributed by atoms with Crippen LogP contribution in [0.5, 0.6) is 0 Å². The molecule has 0 aromatic heterocycles. The van der Waals surface area contributed by atoms with E-state index in [4.69, 9.17) is 0 Å². The zero-order valence-corrected chi connectivity index (χ0v) is 11.4. The maximum Gasteiger partial charge on any atom is 0.223 e. The van der Waals surface area contributed by atoms with Crippen LogP contribution in [0.25, 0.3) is 0 Å². The molecule has 2 N–H and O–H groups in total. The lowest BCUT2D eigenvalue weighted by Gasteiger charge is -2.26. The molecule has 19 heavy (non-hydrogen) atoms. The SMILES string of the molecule is CC(=O)Nc1cccc(C(C)NC(=O)C2CCC2)c1. The topological polar surface area (TPSA) is 58.2 Å². The van der Waals surface area contributed by atoms with Crippen molar-refractivity contribution in [2.75, 3.05) is 5.32 Å². The maximum absolute atomic E-state index is 11.9. The molecule has 2 amide bonds. The molecule has 0 spiro atoms. The van der Waals surface area contributed by atoms with Gasteiger partial charge in [0.15, 0.2) is 0 Å². The van der Waals surface area contributed by atoms with Crippen molar-refractivity contribution >= 4 is 17.5 Å². The summed E-state index contributed by atoms with van der Waals surface area (Å²) in [5, 5.41) is 5.77. The third-order valence-corrected chi connectivity index (χ3v) is 3.54. The van der Waals surface area contributed by atoms with Gasteiger partial charge in [0.1, 0.15) is 0 Å². The number of carbonyl (C=O) groups is 2. The first-order chi connectivity index (χ1) is 9.06. The van der Waals surface area contributed by atoms with E-state index in [1.807, 2.05) is 31.2 Å². The fourth-order valence-electron chi connectivity index (χ4n) is 2.17. The molecular formula is C15H20N2O2. The molecule has 102 valence electrons. The smallest absolute Gasteiger partial charge is 0.223 e. The molecule has 1 saturated carbocycles. The van der Waals surface area contributed by atoms with Gasteiger partial charge in [-0.25, -0.2) is 0 Å². The molecule has 1 aromatic carbocycles. The summed E-state index contributed by atoms with van der Waals surface area (Å²) >= 11 is 0. The van der Waals surface area contributed by atoms with Crippen molar-refractivity contribution < 1.29 is 9.59 Å². The lowest BCUT2D eigenvalue weighted by molar-refractivity contribution is -0.128. The minimum Gasteiger partial charge on any atom is -0.349 e. The molecule has 0 radical (unpaired) electrons. The minimum atomic E-state index is -0.0942. The average Bonchev–Trinajstić information content (AvgIpc) is 2.25. The van der Waals surface area contributed by atoms with Crippen molar-refractivity contribution in [1.29, 1.82) is 0 Å². The van der Waals surface area contributed by atoms with Crippen LogP contribution in [-0.2, 0) is 9.59 Å². The number of carbonyl (C=O) groups excluding carboxylic acids is 2. The fraction of sp³-hybridized carbons (Fsp3) is 0.467. The third kappa shape index (κ3) is 3.56. The summed E-state index contributed by atoms with van der Waals surface area (Å²) in [4.78, 5) is 22.9. The largest absolute Gasteiger partial charge is 0.349 e. The average molecular weight is 260 g/mol. The van der Waals surface area contributed by atoms with E-state index in [1.165, 1.54) is 6.92 Å². The van der Waals surface area contributed by atoms with Crippen LogP contribution in [0.1, 0.15) is 44.7 Å². The van der Waals surface area contributed by atoms with Gasteiger partial charge in [-0.2, -0.15) is 0 Å². The molecule has 4 nitrogen and oxygen atoms in total. The molecule has 4 heteroatoms. The Morgan fingerprint density at radius 3 is 2.63 bits per heavy atom. The van der Waals surface area contributed by atoms with Crippen LogP contribution >= 0.6 is 0 Å². The zero-order chi connectivity index (χ0) is 13.8. The summed E-state index contributed by atoms with van der Waals surface area (Å²) in [6.07, 6.45) is 3.17. The normalized spacial score (nSPS) is 16.3. The highest BCUT2D eigenvalue weighted by Gasteiger charge is 2.26. The molecule has 0 saturated heterocycles. The summed E-state index contributed by atoms with van der Waals surface area (Å²) in [6.45, 7) is 3.44. The first-order valence-electron chi connectivity index (χ1n) is 6.74. The van der Waals surface area contributed by atoms with Crippen LogP contribution in [0.3, 0.4) is 0 Å². The van der Waals surface area contributed by atoms with E-state index < -0.39 is 0 Å². The van der Waals surface area contributed by atoms with Crippen LogP contribution in [0.4, 0.5) is 5.69 Å². The molecule has 1 aromatic rings. The first-order valence-corrected chi connectivity index (χ1v) is 6.74. The van der Waals surface area contributed by atoms with Crippen LogP contribution in [0, 0.1) is 5.92 Å². The van der Waals surface area contributed by atoms with Gasteiger partial charge in [-0.3, -0.25) is 9.59 Å². The van der Waals surface area contributed by atoms with E-state index in [0.717, 1.165) is 30.5 Å². The lowest BCUT2D eigenvalue weighted by atomic mass is 9.84. The number of benzene rings is 1. The van der Waals surface area contributed by atoms with Crippen molar-refractivity contribution in [3.05, 3.63) is 29.8 Å². The standard InChI is InChI=1S/C15H20N2O2/c1-10(16-15(19)12-5-3-6-12)13-7-4-8-14(9-13)17-11(2)18/h4,7-10,12H,3,5-6H2,1-2H3,(H,16,19)(H,17,18). The summed E-state index contributed by atoms with van der Waals surface area (Å²) in [6, 6.07) is 7.53. The van der Waals surface area contributed by atoms with Gasteiger partial charge in [0.25, 0.3) is 0 Å². The van der Waals surface area contributed by atoms with Crippen molar-refractivity contribution in [2.24, 2.45) is 5.92 Å². The van der Waals surface area contributed by atoms with Crippen molar-refractivity contribution in [3.8, 4) is 0 Å². The second-order valence-corrected chi connectivity index (χ2v) is 5.16. The Labute approximate surface area is 113 Å². The van der Waals surface area contributed by atoms with E-state index in [1.54, 1.807) is 0 Å². The van der Waals surface area contributed by atoms with Gasteiger partial charge in [-0.05, 0) is 37.5 Å². The molecule has 2 rings (SSSR count). The van der Waals surface area contributed by atoms with Crippen LogP contribution in [0.2, 0.25) is 0 Å². The van der Waals surface area contributed by atoms with Gasteiger partial charge in [0.2, 0.25) is 11.8 Å². The van der Waals surface area contributed by atoms with Gasteiger partial charge in [-0.1, -0.05) is 18.6 Å². The van der Waals surface area contributed by atoms with Crippen molar-refractivity contribution in [1.82, 2.24) is 5.32 Å². The van der Waals surface area contributed by atoms with E-state index in [2.05, 4.69) is 10.6 Å². The molecular weight excluding hydrogens is 240 g/mol. The van der Waals surface area contributed by atoms with Crippen molar-refractivity contribution in [2.45, 2.75) is 39.2 Å². The van der Waals surface area contributed by atoms with Crippen LogP contribution in [0.15, 0.2) is 24.3 Å². The maximum atomic E-state index is 11.9. The molecule has 1 aliphatic carbocycles. The van der Waals surface area contributed by atoms with Gasteiger partial charge in [0.05, 0.1) is 6.04 Å². The molecule has 0 bridgehead atoms. The summed E-state index contributed by atoms with van der Waals surface area (Å²) in [7, 11) is 0. The lowest BCUT2D eigenvalue weighted by Crippen LogP contribution is -2.35. The summed E-state index contributed by atoms with van der Waals surface area (Å²) < 4.78 is 0. The molecule has 1 fully saturated rings. The summed E-state index contributed by atoms with van der Waals surface area (Å²) in [5.41, 5.74) is 1.76. The Balaban J connectivity index is 1.99. The quantitative estimate of drug-likeness (QED) is 0.874. The van der Waals surface area contributed by atoms with Crippen LogP contribution < -0.4 is 10.6 Å². The van der Waals surface area contributed by atoms with Gasteiger partial charge >= 0.3 is 0 Å². The molecule has 1 unspecified atom stereocenters. The van der Waals surface area contributed by atoms with E-state index in [9.17, 15) is 9.59 Å². The number of nitrogens with one attached hydrogen (secondary N) is 2. The molecule has 0 heterocycles. The number of anilines is 1. The van der Waals surface area contributed by atoms with E-state index in [-0.39, 0.29) is 23.8 Å². The highest BCUT2D eigenvalue weighted by Crippen LogP contribution is 2.27. The van der Waals surface area contributed by atoms with E-state index >= 15 is 0 Å². The van der Waals surface area contributed by atoms with Gasteiger partial charge in [-0.15, -0.1) is 0 Å². The first kappa shape index (κ1) is 13.6. The predicted octanol–water partition coefficient (Wildman–Crippen LogP) is 2.62. The van der Waals surface area contributed by atoms with Crippen LogP contribution in [-0.4, -0.2) is 11.8 Å². The molecule has 0 aliphatic heterocycles. The summed E-state index contributed by atoms with van der Waals surface area (Å²) in [5.74, 6) is 0.243. The second kappa shape index (κ2) is 5.87. The monoisotopic (exact) mass is 260 g/mol. The second-order valence-electron chi connectivity index (χ2n) is 5.16. The Morgan fingerprint density at radius 2 is 2.05 bits per heavy atom.